The second kappa shape index (κ2) is 11.0. The van der Waals surface area contributed by atoms with Crippen LogP contribution in [0.25, 0.3) is 22.4 Å². The lowest BCUT2D eigenvalue weighted by molar-refractivity contribution is -0.130. The Balaban J connectivity index is 1.30. The molecule has 0 radical (unpaired) electrons. The minimum Gasteiger partial charge on any atom is -0.343 e. The van der Waals surface area contributed by atoms with E-state index in [0.29, 0.717) is 18.2 Å². The number of hydrogen-bond acceptors (Lipinski definition) is 5. The highest BCUT2D eigenvalue weighted by Gasteiger charge is 2.34. The molecule has 0 bridgehead atoms. The third-order valence-electron chi connectivity index (χ3n) is 8.46. The maximum absolute atomic E-state index is 12.9. The van der Waals surface area contributed by atoms with Crippen molar-refractivity contribution in [3.63, 3.8) is 0 Å². The van der Waals surface area contributed by atoms with Crippen molar-refractivity contribution in [2.24, 2.45) is 11.7 Å². The molecule has 5 rings (SSSR count). The summed E-state index contributed by atoms with van der Waals surface area (Å²) in [6.45, 7) is 1.61. The highest BCUT2D eigenvalue weighted by Crippen LogP contribution is 2.40. The Hall–Kier alpha value is -3.58. The first-order chi connectivity index (χ1) is 18.3. The van der Waals surface area contributed by atoms with Gasteiger partial charge in [-0.05, 0) is 68.1 Å². The molecule has 0 atom stereocenters. The molecule has 2 fully saturated rings. The van der Waals surface area contributed by atoms with Crippen LogP contribution in [0.1, 0.15) is 63.9 Å². The molecule has 2 aromatic carbocycles. The summed E-state index contributed by atoms with van der Waals surface area (Å²) in [6, 6.07) is 20.6. The molecule has 38 heavy (non-hydrogen) atoms. The number of hydrogen-bond donors (Lipinski definition) is 2. The minimum atomic E-state index is -0.205. The van der Waals surface area contributed by atoms with Gasteiger partial charge < -0.3 is 16.0 Å². The molecule has 1 aromatic heterocycles. The van der Waals surface area contributed by atoms with Gasteiger partial charge in [0.15, 0.2) is 5.82 Å². The number of carbonyl (C=O) groups excluding carboxylic acids is 2. The fourth-order valence-corrected chi connectivity index (χ4v) is 5.76. The number of benzene rings is 2. The lowest BCUT2D eigenvalue weighted by Gasteiger charge is -2.38. The molecule has 0 saturated heterocycles. The van der Waals surface area contributed by atoms with Crippen LogP contribution in [0, 0.1) is 5.92 Å². The molecule has 2 saturated carbocycles. The lowest BCUT2D eigenvalue weighted by atomic mass is 9.72. The van der Waals surface area contributed by atoms with Crippen LogP contribution >= 0.6 is 0 Å². The van der Waals surface area contributed by atoms with Crippen LogP contribution in [0.2, 0.25) is 0 Å². The zero-order chi connectivity index (χ0) is 26.7. The van der Waals surface area contributed by atoms with Gasteiger partial charge in [-0.25, -0.2) is 0 Å². The van der Waals surface area contributed by atoms with Crippen LogP contribution < -0.4 is 11.1 Å². The van der Waals surface area contributed by atoms with Crippen molar-refractivity contribution >= 4 is 17.6 Å². The summed E-state index contributed by atoms with van der Waals surface area (Å²) < 4.78 is 0. The zero-order valence-corrected chi connectivity index (χ0v) is 22.3. The monoisotopic (exact) mass is 511 g/mol. The second-order valence-corrected chi connectivity index (χ2v) is 11.0. The van der Waals surface area contributed by atoms with E-state index >= 15 is 0 Å². The molecule has 0 spiro atoms. The molecular weight excluding hydrogens is 474 g/mol. The van der Waals surface area contributed by atoms with Gasteiger partial charge in [-0.3, -0.25) is 9.59 Å². The Morgan fingerprint density at radius 1 is 0.974 bits per heavy atom. The first kappa shape index (κ1) is 26.0. The number of anilines is 1. The van der Waals surface area contributed by atoms with Crippen LogP contribution in [0.5, 0.6) is 0 Å². The molecule has 2 aliphatic rings. The highest BCUT2D eigenvalue weighted by molar-refractivity contribution is 5.91. The van der Waals surface area contributed by atoms with Gasteiger partial charge in [0, 0.05) is 43.1 Å². The van der Waals surface area contributed by atoms with Gasteiger partial charge >= 0.3 is 0 Å². The topological polar surface area (TPSA) is 101 Å². The van der Waals surface area contributed by atoms with E-state index in [0.717, 1.165) is 66.5 Å². The number of nitrogens with one attached hydrogen (secondary N) is 1. The van der Waals surface area contributed by atoms with E-state index in [4.69, 9.17) is 5.73 Å². The molecule has 198 valence electrons. The van der Waals surface area contributed by atoms with Gasteiger partial charge in [0.25, 0.3) is 0 Å². The summed E-state index contributed by atoms with van der Waals surface area (Å²) >= 11 is 0. The predicted octanol–water partition coefficient (Wildman–Crippen LogP) is 5.51. The second-order valence-electron chi connectivity index (χ2n) is 11.0. The fourth-order valence-electron chi connectivity index (χ4n) is 5.76. The Labute approximate surface area is 224 Å². The van der Waals surface area contributed by atoms with E-state index in [9.17, 15) is 9.59 Å². The Bertz CT molecular complexity index is 1280. The third-order valence-corrected chi connectivity index (χ3v) is 8.46. The van der Waals surface area contributed by atoms with Crippen molar-refractivity contribution in [1.82, 2.24) is 15.1 Å². The van der Waals surface area contributed by atoms with Crippen molar-refractivity contribution in [2.45, 2.75) is 69.9 Å². The number of nitrogens with zero attached hydrogens (tertiary/aromatic N) is 3. The fraction of sp³-hybridized carbons (Fsp3) is 0.419. The summed E-state index contributed by atoms with van der Waals surface area (Å²) in [4.78, 5) is 26.4. The van der Waals surface area contributed by atoms with Gasteiger partial charge in [-0.2, -0.15) is 0 Å². The average Bonchev–Trinajstić information content (AvgIpc) is 2.92. The average molecular weight is 512 g/mol. The van der Waals surface area contributed by atoms with Gasteiger partial charge in [0.1, 0.15) is 5.69 Å². The first-order valence-electron chi connectivity index (χ1n) is 13.7. The molecule has 2 amide bonds. The van der Waals surface area contributed by atoms with E-state index in [-0.39, 0.29) is 23.4 Å². The number of rotatable bonds is 7. The predicted molar refractivity (Wildman–Crippen MR) is 150 cm³/mol. The molecule has 7 heteroatoms. The summed E-state index contributed by atoms with van der Waals surface area (Å²) in [5.74, 6) is 0.814. The number of aromatic nitrogens is 2. The molecule has 1 heterocycles. The maximum Gasteiger partial charge on any atom is 0.225 e. The number of carbonyl (C=O) groups is 2. The van der Waals surface area contributed by atoms with Crippen LogP contribution in [-0.2, 0) is 15.1 Å². The van der Waals surface area contributed by atoms with Crippen molar-refractivity contribution in [2.75, 3.05) is 12.4 Å². The quantitative estimate of drug-likeness (QED) is 0.435. The van der Waals surface area contributed by atoms with E-state index in [1.165, 1.54) is 6.42 Å². The van der Waals surface area contributed by atoms with E-state index in [1.807, 2.05) is 48.3 Å². The molecule has 2 aliphatic carbocycles. The normalized spacial score (nSPS) is 20.3. The van der Waals surface area contributed by atoms with Crippen LogP contribution in [0.3, 0.4) is 0 Å². The standard InChI is InChI=1S/C31H37N5O2/c1-21(37)36(2)26-15-9-22(10-16-26)19-29(38)33-28-20-27(23-7-4-3-5-8-23)30(35-34-28)24-11-13-25(14-12-24)31(32)17-6-18-31/h3-5,7-8,11-14,20,22,26H,6,9-10,15-19,32H2,1-2H3,(H,33,34,38). The van der Waals surface area contributed by atoms with Crippen molar-refractivity contribution in [3.05, 3.63) is 66.2 Å². The summed E-state index contributed by atoms with van der Waals surface area (Å²) in [5, 5.41) is 11.9. The van der Waals surface area contributed by atoms with E-state index < -0.39 is 0 Å². The maximum atomic E-state index is 12.9. The Kier molecular flexibility index (Phi) is 7.56. The van der Waals surface area contributed by atoms with Gasteiger partial charge in [0.2, 0.25) is 11.8 Å². The lowest BCUT2D eigenvalue weighted by Crippen LogP contribution is -2.43. The molecule has 7 nitrogen and oxygen atoms in total. The van der Waals surface area contributed by atoms with Crippen molar-refractivity contribution in [3.8, 4) is 22.4 Å². The van der Waals surface area contributed by atoms with Crippen LogP contribution in [0.15, 0.2) is 60.7 Å². The molecule has 3 aromatic rings. The Morgan fingerprint density at radius 2 is 1.66 bits per heavy atom. The van der Waals surface area contributed by atoms with E-state index in [1.54, 1.807) is 6.92 Å². The first-order valence-corrected chi connectivity index (χ1v) is 13.7. The Morgan fingerprint density at radius 3 is 2.26 bits per heavy atom. The van der Waals surface area contributed by atoms with Gasteiger partial charge in [-0.15, -0.1) is 10.2 Å². The largest absolute Gasteiger partial charge is 0.343 e. The summed E-state index contributed by atoms with van der Waals surface area (Å²) in [6.07, 6.45) is 7.41. The third kappa shape index (κ3) is 5.63. The zero-order valence-electron chi connectivity index (χ0n) is 22.3. The molecule has 0 unspecified atom stereocenters. The molecular formula is C31H37N5O2. The van der Waals surface area contributed by atoms with Crippen molar-refractivity contribution < 1.29 is 9.59 Å². The van der Waals surface area contributed by atoms with Gasteiger partial charge in [0.05, 0.1) is 0 Å². The van der Waals surface area contributed by atoms with Crippen LogP contribution in [0.4, 0.5) is 5.82 Å². The SMILES string of the molecule is CC(=O)N(C)C1CCC(CC(=O)Nc2cc(-c3ccccc3)c(-c3ccc(C4(N)CCC4)cc3)nn2)CC1. The van der Waals surface area contributed by atoms with E-state index in [2.05, 4.69) is 39.8 Å². The number of amides is 2. The molecule has 3 N–H and O–H groups in total. The smallest absolute Gasteiger partial charge is 0.225 e. The summed E-state index contributed by atoms with van der Waals surface area (Å²) in [5.41, 5.74) is 11.1. The van der Waals surface area contributed by atoms with Crippen LogP contribution in [-0.4, -0.2) is 40.0 Å². The number of nitrogens with two attached hydrogens (primary N) is 1. The molecule has 0 aliphatic heterocycles. The van der Waals surface area contributed by atoms with Gasteiger partial charge in [-0.1, -0.05) is 54.6 Å². The summed E-state index contributed by atoms with van der Waals surface area (Å²) in [7, 11) is 1.87. The highest BCUT2D eigenvalue weighted by atomic mass is 16.2. The van der Waals surface area contributed by atoms with Crippen molar-refractivity contribution in [1.29, 1.82) is 0 Å². The minimum absolute atomic E-state index is 0.0486.